The second kappa shape index (κ2) is 8.91. The van der Waals surface area contributed by atoms with Crippen molar-refractivity contribution in [1.82, 2.24) is 14.9 Å². The topological polar surface area (TPSA) is 64.6 Å². The summed E-state index contributed by atoms with van der Waals surface area (Å²) in [5, 5.41) is 3.58. The first-order valence-electron chi connectivity index (χ1n) is 9.76. The lowest BCUT2D eigenvalue weighted by atomic mass is 10.1. The largest absolute Gasteiger partial charge is 0.381 e. The lowest BCUT2D eigenvalue weighted by molar-refractivity contribution is 0.0761. The second-order valence-electron chi connectivity index (χ2n) is 7.65. The van der Waals surface area contributed by atoms with Crippen LogP contribution >= 0.6 is 0 Å². The smallest absolute Gasteiger partial charge is 0.257 e. The molecule has 1 aliphatic heterocycles. The third-order valence-electron chi connectivity index (χ3n) is 5.10. The van der Waals surface area contributed by atoms with Gasteiger partial charge >= 0.3 is 0 Å². The Morgan fingerprint density at radius 3 is 2.57 bits per heavy atom. The Kier molecular flexibility index (Phi) is 6.34. The number of carbonyl (C=O) groups is 1. The van der Waals surface area contributed by atoms with Crippen molar-refractivity contribution >= 4 is 23.1 Å². The third-order valence-corrected chi connectivity index (χ3v) is 5.10. The van der Waals surface area contributed by atoms with Gasteiger partial charge < -0.3 is 20.0 Å². The normalized spacial score (nSPS) is 17.0. The van der Waals surface area contributed by atoms with E-state index < -0.39 is 0 Å². The fraction of sp³-hybridized carbons (Fsp3) is 0.476. The Balaban J connectivity index is 1.62. The van der Waals surface area contributed by atoms with Gasteiger partial charge in [-0.2, -0.15) is 0 Å². The molecule has 1 aliphatic rings. The molecular formula is C21H30N6O. The highest BCUT2D eigenvalue weighted by molar-refractivity contribution is 5.99. The molecule has 1 atom stereocenters. The van der Waals surface area contributed by atoms with Crippen LogP contribution in [0.25, 0.3) is 0 Å². The molecule has 0 radical (unpaired) electrons. The summed E-state index contributed by atoms with van der Waals surface area (Å²) in [4.78, 5) is 27.6. The molecule has 150 valence electrons. The fourth-order valence-corrected chi connectivity index (χ4v) is 3.53. The third kappa shape index (κ3) is 4.71. The Bertz CT molecular complexity index is 790. The average molecular weight is 383 g/mol. The lowest BCUT2D eigenvalue weighted by Crippen LogP contribution is -2.33. The highest BCUT2D eigenvalue weighted by Crippen LogP contribution is 2.22. The van der Waals surface area contributed by atoms with Crippen LogP contribution in [-0.2, 0) is 0 Å². The van der Waals surface area contributed by atoms with Gasteiger partial charge in [-0.3, -0.25) is 9.78 Å². The van der Waals surface area contributed by atoms with E-state index >= 15 is 0 Å². The zero-order valence-corrected chi connectivity index (χ0v) is 17.2. The predicted octanol–water partition coefficient (Wildman–Crippen LogP) is 2.72. The highest BCUT2D eigenvalue weighted by atomic mass is 16.2. The number of carbonyl (C=O) groups excluding carboxylic acids is 1. The SMILES string of the molecule is CN(C)c1ccc(NC2CCCN(C(=O)c3cnccc3N(C)C)CC2)cn1. The van der Waals surface area contributed by atoms with Crippen LogP contribution in [-0.4, -0.2) is 68.1 Å². The van der Waals surface area contributed by atoms with Gasteiger partial charge in [0.15, 0.2) is 0 Å². The molecule has 3 rings (SSSR count). The van der Waals surface area contributed by atoms with Crippen molar-refractivity contribution < 1.29 is 4.79 Å². The number of hydrogen-bond acceptors (Lipinski definition) is 6. The highest BCUT2D eigenvalue weighted by Gasteiger charge is 2.24. The molecule has 1 amide bonds. The number of anilines is 3. The van der Waals surface area contributed by atoms with Crippen molar-refractivity contribution in [2.24, 2.45) is 0 Å². The van der Waals surface area contributed by atoms with E-state index in [9.17, 15) is 4.79 Å². The zero-order valence-electron chi connectivity index (χ0n) is 17.2. The Labute approximate surface area is 167 Å². The van der Waals surface area contributed by atoms with Crippen LogP contribution in [0.1, 0.15) is 29.6 Å². The van der Waals surface area contributed by atoms with Gasteiger partial charge in [-0.05, 0) is 37.5 Å². The van der Waals surface area contributed by atoms with Crippen molar-refractivity contribution in [1.29, 1.82) is 0 Å². The zero-order chi connectivity index (χ0) is 20.1. The molecule has 1 saturated heterocycles. The molecule has 2 aromatic rings. The van der Waals surface area contributed by atoms with E-state index in [0.717, 1.165) is 49.5 Å². The van der Waals surface area contributed by atoms with E-state index in [1.165, 1.54) is 0 Å². The molecule has 0 saturated carbocycles. The van der Waals surface area contributed by atoms with Gasteiger partial charge in [0.1, 0.15) is 5.82 Å². The molecule has 3 heterocycles. The first-order valence-corrected chi connectivity index (χ1v) is 9.76. The maximum Gasteiger partial charge on any atom is 0.257 e. The van der Waals surface area contributed by atoms with Crippen LogP contribution in [0.5, 0.6) is 0 Å². The summed E-state index contributed by atoms with van der Waals surface area (Å²) in [5.41, 5.74) is 2.60. The number of hydrogen-bond donors (Lipinski definition) is 1. The molecule has 7 heteroatoms. The summed E-state index contributed by atoms with van der Waals surface area (Å²) < 4.78 is 0. The molecule has 0 aliphatic carbocycles. The van der Waals surface area contributed by atoms with Crippen LogP contribution in [0.15, 0.2) is 36.8 Å². The molecule has 0 aromatic carbocycles. The van der Waals surface area contributed by atoms with Gasteiger partial charge in [0.2, 0.25) is 0 Å². The van der Waals surface area contributed by atoms with E-state index in [1.54, 1.807) is 12.4 Å². The quantitative estimate of drug-likeness (QED) is 0.858. The fourth-order valence-electron chi connectivity index (χ4n) is 3.53. The molecule has 1 N–H and O–H groups in total. The maximum absolute atomic E-state index is 13.1. The maximum atomic E-state index is 13.1. The molecule has 1 fully saturated rings. The monoisotopic (exact) mass is 382 g/mol. The van der Waals surface area contributed by atoms with Crippen LogP contribution in [0.3, 0.4) is 0 Å². The summed E-state index contributed by atoms with van der Waals surface area (Å²) in [5.74, 6) is 1.01. The predicted molar refractivity (Wildman–Crippen MR) is 114 cm³/mol. The van der Waals surface area contributed by atoms with E-state index in [1.807, 2.05) is 61.2 Å². The van der Waals surface area contributed by atoms with Crippen molar-refractivity contribution in [3.05, 3.63) is 42.4 Å². The minimum absolute atomic E-state index is 0.0643. The van der Waals surface area contributed by atoms with E-state index in [-0.39, 0.29) is 5.91 Å². The standard InChI is InChI=1S/C21H30N6O/c1-25(2)19-9-11-22-15-18(19)21(28)27-12-5-6-16(10-13-27)24-17-7-8-20(23-14-17)26(3)4/h7-9,11,14-16,24H,5-6,10,12-13H2,1-4H3. The summed E-state index contributed by atoms with van der Waals surface area (Å²) >= 11 is 0. The summed E-state index contributed by atoms with van der Waals surface area (Å²) in [6.45, 7) is 1.51. The first kappa shape index (κ1) is 19.9. The second-order valence-corrected chi connectivity index (χ2v) is 7.65. The van der Waals surface area contributed by atoms with Gasteiger partial charge in [0.05, 0.1) is 23.1 Å². The molecule has 7 nitrogen and oxygen atoms in total. The molecule has 2 aromatic heterocycles. The van der Waals surface area contributed by atoms with Gasteiger partial charge in [-0.25, -0.2) is 4.98 Å². The van der Waals surface area contributed by atoms with Gasteiger partial charge in [-0.15, -0.1) is 0 Å². The number of amides is 1. The van der Waals surface area contributed by atoms with Crippen LogP contribution < -0.4 is 15.1 Å². The molecular weight excluding hydrogens is 352 g/mol. The van der Waals surface area contributed by atoms with Crippen molar-refractivity contribution in [3.63, 3.8) is 0 Å². The Morgan fingerprint density at radius 1 is 1.07 bits per heavy atom. The van der Waals surface area contributed by atoms with E-state index in [2.05, 4.69) is 21.4 Å². The van der Waals surface area contributed by atoms with Crippen LogP contribution in [0.4, 0.5) is 17.2 Å². The number of rotatable bonds is 5. The number of aromatic nitrogens is 2. The van der Waals surface area contributed by atoms with E-state index in [0.29, 0.717) is 11.6 Å². The number of nitrogens with zero attached hydrogens (tertiary/aromatic N) is 5. The van der Waals surface area contributed by atoms with E-state index in [4.69, 9.17) is 0 Å². The average Bonchev–Trinajstić information content (AvgIpc) is 2.93. The number of pyridine rings is 2. The van der Waals surface area contributed by atoms with Crippen molar-refractivity contribution in [2.75, 3.05) is 56.4 Å². The summed E-state index contributed by atoms with van der Waals surface area (Å²) in [6, 6.07) is 6.31. The van der Waals surface area contributed by atoms with Gasteiger partial charge in [0, 0.05) is 59.7 Å². The van der Waals surface area contributed by atoms with Gasteiger partial charge in [-0.1, -0.05) is 0 Å². The number of nitrogens with one attached hydrogen (secondary N) is 1. The minimum atomic E-state index is 0.0643. The summed E-state index contributed by atoms with van der Waals surface area (Å²) in [7, 11) is 7.86. The Morgan fingerprint density at radius 2 is 1.89 bits per heavy atom. The molecule has 1 unspecified atom stereocenters. The van der Waals surface area contributed by atoms with Crippen molar-refractivity contribution in [3.8, 4) is 0 Å². The number of likely N-dealkylation sites (tertiary alicyclic amines) is 1. The first-order chi connectivity index (χ1) is 13.5. The Hall–Kier alpha value is -2.83. The van der Waals surface area contributed by atoms with Crippen LogP contribution in [0.2, 0.25) is 0 Å². The van der Waals surface area contributed by atoms with Crippen molar-refractivity contribution in [2.45, 2.75) is 25.3 Å². The lowest BCUT2D eigenvalue weighted by Gasteiger charge is -2.24. The van der Waals surface area contributed by atoms with Gasteiger partial charge in [0.25, 0.3) is 5.91 Å². The minimum Gasteiger partial charge on any atom is -0.381 e. The molecule has 0 spiro atoms. The molecule has 0 bridgehead atoms. The molecule has 28 heavy (non-hydrogen) atoms. The van der Waals surface area contributed by atoms with Crippen LogP contribution in [0, 0.1) is 0 Å². The summed E-state index contributed by atoms with van der Waals surface area (Å²) in [6.07, 6.45) is 8.21.